The van der Waals surface area contributed by atoms with Gasteiger partial charge in [0.15, 0.2) is 0 Å². The summed E-state index contributed by atoms with van der Waals surface area (Å²) < 4.78 is 16.2. The standard InChI is InChI=1S/C23H38N2O4/c1-23(10-6-20(7-11-23)29-15-14-27-2)25-12-8-19(9-13-25)24-21-16-18(17-28-3)4-5-22(21)26/h4-5,16,19-20,24,26H,6-15,17H2,1-3H3. The van der Waals surface area contributed by atoms with E-state index in [0.29, 0.717) is 37.7 Å². The molecular weight excluding hydrogens is 368 g/mol. The van der Waals surface area contributed by atoms with Crippen molar-refractivity contribution < 1.29 is 19.3 Å². The number of aromatic hydroxyl groups is 1. The van der Waals surface area contributed by atoms with Gasteiger partial charge < -0.3 is 24.6 Å². The van der Waals surface area contributed by atoms with Gasteiger partial charge in [0.05, 0.1) is 31.6 Å². The number of hydrogen-bond acceptors (Lipinski definition) is 6. The van der Waals surface area contributed by atoms with E-state index in [1.807, 2.05) is 12.1 Å². The van der Waals surface area contributed by atoms with Gasteiger partial charge in [-0.05, 0) is 63.1 Å². The lowest BCUT2D eigenvalue weighted by atomic mass is 9.79. The molecule has 1 aromatic carbocycles. The number of nitrogens with zero attached hydrogens (tertiary/aromatic N) is 1. The Morgan fingerprint density at radius 1 is 1.07 bits per heavy atom. The van der Waals surface area contributed by atoms with Crippen LogP contribution in [0, 0.1) is 0 Å². The lowest BCUT2D eigenvalue weighted by Gasteiger charge is -2.48. The Balaban J connectivity index is 1.46. The van der Waals surface area contributed by atoms with E-state index in [1.54, 1.807) is 20.3 Å². The number of likely N-dealkylation sites (tertiary alicyclic amines) is 1. The number of nitrogens with one attached hydrogen (secondary N) is 1. The van der Waals surface area contributed by atoms with E-state index in [0.717, 1.165) is 50.0 Å². The third kappa shape index (κ3) is 6.07. The Labute approximate surface area is 175 Å². The Morgan fingerprint density at radius 2 is 1.79 bits per heavy atom. The highest BCUT2D eigenvalue weighted by Gasteiger charge is 2.38. The molecule has 2 aliphatic rings. The van der Waals surface area contributed by atoms with E-state index in [2.05, 4.69) is 17.1 Å². The number of hydrogen-bond donors (Lipinski definition) is 2. The number of phenolic OH excluding ortho intramolecular Hbond substituents is 1. The lowest BCUT2D eigenvalue weighted by molar-refractivity contribution is -0.0398. The Hall–Kier alpha value is -1.34. The summed E-state index contributed by atoms with van der Waals surface area (Å²) in [7, 11) is 3.41. The molecule has 0 aromatic heterocycles. The molecule has 3 rings (SSSR count). The molecule has 1 aromatic rings. The second-order valence-corrected chi connectivity index (χ2v) is 8.75. The first-order valence-corrected chi connectivity index (χ1v) is 11.0. The maximum absolute atomic E-state index is 10.2. The van der Waals surface area contributed by atoms with Crippen molar-refractivity contribution in [3.05, 3.63) is 23.8 Å². The zero-order valence-corrected chi connectivity index (χ0v) is 18.3. The van der Waals surface area contributed by atoms with Crippen LogP contribution >= 0.6 is 0 Å². The smallest absolute Gasteiger partial charge is 0.138 e. The summed E-state index contributed by atoms with van der Waals surface area (Å²) in [4.78, 5) is 2.68. The average Bonchev–Trinajstić information content (AvgIpc) is 2.73. The first kappa shape index (κ1) is 22.3. The minimum Gasteiger partial charge on any atom is -0.506 e. The summed E-state index contributed by atoms with van der Waals surface area (Å²) in [6.07, 6.45) is 7.25. The molecule has 1 aliphatic heterocycles. The van der Waals surface area contributed by atoms with Crippen molar-refractivity contribution in [1.82, 2.24) is 4.90 Å². The second-order valence-electron chi connectivity index (χ2n) is 8.75. The number of ether oxygens (including phenoxy) is 3. The molecule has 2 N–H and O–H groups in total. The Bertz CT molecular complexity index is 623. The zero-order chi connectivity index (χ0) is 20.7. The number of benzene rings is 1. The molecule has 0 amide bonds. The molecule has 1 aliphatic carbocycles. The van der Waals surface area contributed by atoms with E-state index in [9.17, 15) is 5.11 Å². The van der Waals surface area contributed by atoms with Crippen molar-refractivity contribution in [3.63, 3.8) is 0 Å². The van der Waals surface area contributed by atoms with Crippen molar-refractivity contribution in [2.75, 3.05) is 45.8 Å². The predicted octanol–water partition coefficient (Wildman–Crippen LogP) is 3.78. The molecule has 6 nitrogen and oxygen atoms in total. The summed E-state index contributed by atoms with van der Waals surface area (Å²) in [5.74, 6) is 0.311. The van der Waals surface area contributed by atoms with Crippen molar-refractivity contribution in [2.24, 2.45) is 0 Å². The summed E-state index contributed by atoms with van der Waals surface area (Å²) in [5, 5.41) is 13.8. The summed E-state index contributed by atoms with van der Waals surface area (Å²) in [5.41, 5.74) is 2.17. The normalized spacial score (nSPS) is 26.5. The van der Waals surface area contributed by atoms with E-state index < -0.39 is 0 Å². The monoisotopic (exact) mass is 406 g/mol. The van der Waals surface area contributed by atoms with Gasteiger partial charge in [-0.25, -0.2) is 0 Å². The number of anilines is 1. The van der Waals surface area contributed by atoms with Crippen molar-refractivity contribution >= 4 is 5.69 Å². The van der Waals surface area contributed by atoms with Gasteiger partial charge in [0.25, 0.3) is 0 Å². The summed E-state index contributed by atoms with van der Waals surface area (Å²) in [6, 6.07) is 6.05. The first-order valence-electron chi connectivity index (χ1n) is 11.0. The van der Waals surface area contributed by atoms with Crippen LogP contribution < -0.4 is 5.32 Å². The molecular formula is C23H38N2O4. The molecule has 0 atom stereocenters. The van der Waals surface area contributed by atoms with Crippen LogP contribution in [0.25, 0.3) is 0 Å². The van der Waals surface area contributed by atoms with E-state index in [1.165, 1.54) is 12.8 Å². The van der Waals surface area contributed by atoms with E-state index in [-0.39, 0.29) is 5.54 Å². The third-order valence-electron chi connectivity index (χ3n) is 6.64. The molecule has 1 heterocycles. The first-order chi connectivity index (χ1) is 14.0. The highest BCUT2D eigenvalue weighted by atomic mass is 16.5. The fourth-order valence-electron chi connectivity index (χ4n) is 4.73. The number of rotatable bonds is 9. The number of methoxy groups -OCH3 is 2. The number of piperidine rings is 1. The summed E-state index contributed by atoms with van der Waals surface area (Å²) >= 11 is 0. The molecule has 1 saturated heterocycles. The maximum atomic E-state index is 10.2. The fourth-order valence-corrected chi connectivity index (χ4v) is 4.73. The lowest BCUT2D eigenvalue weighted by Crippen LogP contribution is -2.53. The van der Waals surface area contributed by atoms with Gasteiger partial charge in [-0.3, -0.25) is 4.90 Å². The molecule has 0 bridgehead atoms. The van der Waals surface area contributed by atoms with Gasteiger partial charge in [0.1, 0.15) is 5.75 Å². The van der Waals surface area contributed by atoms with Crippen LogP contribution in [0.3, 0.4) is 0 Å². The molecule has 1 saturated carbocycles. The third-order valence-corrected chi connectivity index (χ3v) is 6.64. The zero-order valence-electron chi connectivity index (χ0n) is 18.3. The van der Waals surface area contributed by atoms with Crippen LogP contribution in [-0.4, -0.2) is 68.2 Å². The van der Waals surface area contributed by atoms with Gasteiger partial charge in [0, 0.05) is 38.9 Å². The van der Waals surface area contributed by atoms with Crippen molar-refractivity contribution in [3.8, 4) is 5.75 Å². The molecule has 2 fully saturated rings. The molecule has 6 heteroatoms. The fraction of sp³-hybridized carbons (Fsp3) is 0.739. The van der Waals surface area contributed by atoms with Crippen molar-refractivity contribution in [1.29, 1.82) is 0 Å². The molecule has 0 spiro atoms. The van der Waals surface area contributed by atoms with Crippen LogP contribution in [0.2, 0.25) is 0 Å². The number of phenols is 1. The van der Waals surface area contributed by atoms with Gasteiger partial charge in [0.2, 0.25) is 0 Å². The van der Waals surface area contributed by atoms with Crippen LogP contribution in [0.4, 0.5) is 5.69 Å². The molecule has 0 radical (unpaired) electrons. The van der Waals surface area contributed by atoms with Gasteiger partial charge >= 0.3 is 0 Å². The topological polar surface area (TPSA) is 63.2 Å². The van der Waals surface area contributed by atoms with Crippen LogP contribution in [0.15, 0.2) is 18.2 Å². The van der Waals surface area contributed by atoms with Crippen LogP contribution in [0.5, 0.6) is 5.75 Å². The Kier molecular flexibility index (Phi) is 8.18. The van der Waals surface area contributed by atoms with E-state index >= 15 is 0 Å². The SMILES string of the molecule is COCCOC1CCC(C)(N2CCC(Nc3cc(COC)ccc3O)CC2)CC1. The second kappa shape index (κ2) is 10.6. The largest absolute Gasteiger partial charge is 0.506 e. The minimum atomic E-state index is 0.284. The van der Waals surface area contributed by atoms with Crippen molar-refractivity contribution in [2.45, 2.75) is 69.7 Å². The quantitative estimate of drug-likeness (QED) is 0.481. The highest BCUT2D eigenvalue weighted by molar-refractivity contribution is 5.57. The molecule has 29 heavy (non-hydrogen) atoms. The summed E-state index contributed by atoms with van der Waals surface area (Å²) in [6.45, 7) is 6.56. The maximum Gasteiger partial charge on any atom is 0.138 e. The van der Waals surface area contributed by atoms with Crippen LogP contribution in [0.1, 0.15) is 51.0 Å². The van der Waals surface area contributed by atoms with E-state index in [4.69, 9.17) is 14.2 Å². The van der Waals surface area contributed by atoms with Crippen LogP contribution in [-0.2, 0) is 20.8 Å². The molecule has 164 valence electrons. The highest BCUT2D eigenvalue weighted by Crippen LogP contribution is 2.37. The minimum absolute atomic E-state index is 0.284. The van der Waals surface area contributed by atoms with Gasteiger partial charge in [-0.15, -0.1) is 0 Å². The van der Waals surface area contributed by atoms with Gasteiger partial charge in [-0.2, -0.15) is 0 Å². The Morgan fingerprint density at radius 3 is 2.45 bits per heavy atom. The van der Waals surface area contributed by atoms with Gasteiger partial charge in [-0.1, -0.05) is 6.07 Å². The predicted molar refractivity (Wildman–Crippen MR) is 116 cm³/mol. The molecule has 0 unspecified atom stereocenters. The average molecular weight is 407 g/mol.